The van der Waals surface area contributed by atoms with E-state index in [9.17, 15) is 13.2 Å². The average Bonchev–Trinajstić information content (AvgIpc) is 2.63. The molecule has 4 nitrogen and oxygen atoms in total. The van der Waals surface area contributed by atoms with E-state index in [1.807, 2.05) is 42.2 Å². The molecule has 0 unspecified atom stereocenters. The van der Waals surface area contributed by atoms with Gasteiger partial charge in [-0.05, 0) is 49.4 Å². The molecule has 2 aromatic carbocycles. The maximum absolute atomic E-state index is 12.6. The van der Waals surface area contributed by atoms with Crippen molar-refractivity contribution in [1.82, 2.24) is 4.90 Å². The van der Waals surface area contributed by atoms with Gasteiger partial charge < -0.3 is 4.90 Å². The summed E-state index contributed by atoms with van der Waals surface area (Å²) in [6.07, 6.45) is 1.45. The predicted octanol–water partition coefficient (Wildman–Crippen LogP) is 3.32. The van der Waals surface area contributed by atoms with Crippen LogP contribution in [0.4, 0.5) is 0 Å². The SMILES string of the molecule is Cc1ccccc1C(=O)N1CCC(CS(=O)(=O)c2ccccc2)CC1. The van der Waals surface area contributed by atoms with Gasteiger partial charge in [-0.25, -0.2) is 8.42 Å². The average molecular weight is 357 g/mol. The Labute approximate surface area is 149 Å². The van der Waals surface area contributed by atoms with E-state index in [2.05, 4.69) is 0 Å². The summed E-state index contributed by atoms with van der Waals surface area (Å²) in [6, 6.07) is 16.2. The quantitative estimate of drug-likeness (QED) is 0.843. The predicted molar refractivity (Wildman–Crippen MR) is 98.3 cm³/mol. The fourth-order valence-corrected chi connectivity index (χ4v) is 5.04. The molecule has 0 saturated carbocycles. The van der Waals surface area contributed by atoms with Gasteiger partial charge in [0.2, 0.25) is 0 Å². The number of aryl methyl sites for hydroxylation is 1. The minimum absolute atomic E-state index is 0.0440. The highest BCUT2D eigenvalue weighted by molar-refractivity contribution is 7.91. The molecule has 2 aromatic rings. The highest BCUT2D eigenvalue weighted by Crippen LogP contribution is 2.24. The third kappa shape index (κ3) is 4.10. The van der Waals surface area contributed by atoms with Crippen molar-refractivity contribution in [2.45, 2.75) is 24.7 Å². The van der Waals surface area contributed by atoms with Crippen molar-refractivity contribution >= 4 is 15.7 Å². The van der Waals surface area contributed by atoms with E-state index in [0.29, 0.717) is 18.0 Å². The topological polar surface area (TPSA) is 54.5 Å². The lowest BCUT2D eigenvalue weighted by Gasteiger charge is -2.32. The molecule has 1 aliphatic rings. The number of piperidine rings is 1. The van der Waals surface area contributed by atoms with Gasteiger partial charge in [0.15, 0.2) is 9.84 Å². The van der Waals surface area contributed by atoms with Crippen LogP contribution in [0.25, 0.3) is 0 Å². The van der Waals surface area contributed by atoms with Crippen molar-refractivity contribution in [2.75, 3.05) is 18.8 Å². The Bertz CT molecular complexity index is 838. The van der Waals surface area contributed by atoms with Crippen molar-refractivity contribution in [3.63, 3.8) is 0 Å². The molecule has 3 rings (SSSR count). The lowest BCUT2D eigenvalue weighted by molar-refractivity contribution is 0.0697. The molecule has 1 heterocycles. The van der Waals surface area contributed by atoms with Crippen LogP contribution in [0, 0.1) is 12.8 Å². The van der Waals surface area contributed by atoms with Crippen LogP contribution >= 0.6 is 0 Å². The molecule has 1 amide bonds. The van der Waals surface area contributed by atoms with Gasteiger partial charge in [-0.1, -0.05) is 36.4 Å². The minimum atomic E-state index is -3.26. The van der Waals surface area contributed by atoms with Crippen LogP contribution in [0.5, 0.6) is 0 Å². The van der Waals surface area contributed by atoms with Gasteiger partial charge in [0, 0.05) is 18.7 Å². The summed E-state index contributed by atoms with van der Waals surface area (Å²) in [5.41, 5.74) is 1.71. The second-order valence-electron chi connectivity index (χ2n) is 6.64. The molecule has 1 aliphatic heterocycles. The molecule has 0 aromatic heterocycles. The molecule has 0 spiro atoms. The maximum Gasteiger partial charge on any atom is 0.254 e. The number of likely N-dealkylation sites (tertiary alicyclic amines) is 1. The molecule has 0 N–H and O–H groups in total. The first-order valence-electron chi connectivity index (χ1n) is 8.60. The Morgan fingerprint density at radius 3 is 2.24 bits per heavy atom. The van der Waals surface area contributed by atoms with E-state index in [-0.39, 0.29) is 17.6 Å². The zero-order valence-electron chi connectivity index (χ0n) is 14.4. The number of carbonyl (C=O) groups excluding carboxylic acids is 1. The Kier molecular flexibility index (Phi) is 5.23. The summed E-state index contributed by atoms with van der Waals surface area (Å²) >= 11 is 0. The van der Waals surface area contributed by atoms with Gasteiger partial charge in [-0.3, -0.25) is 4.79 Å². The first kappa shape index (κ1) is 17.7. The lowest BCUT2D eigenvalue weighted by Crippen LogP contribution is -2.40. The van der Waals surface area contributed by atoms with Crippen LogP contribution in [-0.4, -0.2) is 38.1 Å². The fourth-order valence-electron chi connectivity index (χ4n) is 3.32. The number of rotatable bonds is 4. The highest BCUT2D eigenvalue weighted by atomic mass is 32.2. The van der Waals surface area contributed by atoms with Crippen molar-refractivity contribution in [3.05, 3.63) is 65.7 Å². The van der Waals surface area contributed by atoms with Crippen LogP contribution in [0.1, 0.15) is 28.8 Å². The summed E-state index contributed by atoms with van der Waals surface area (Å²) < 4.78 is 25.0. The van der Waals surface area contributed by atoms with Gasteiger partial charge in [-0.15, -0.1) is 0 Å². The van der Waals surface area contributed by atoms with Crippen LogP contribution < -0.4 is 0 Å². The Morgan fingerprint density at radius 1 is 1.00 bits per heavy atom. The second kappa shape index (κ2) is 7.40. The summed E-state index contributed by atoms with van der Waals surface area (Å²) in [7, 11) is -3.26. The minimum Gasteiger partial charge on any atom is -0.339 e. The van der Waals surface area contributed by atoms with Crippen molar-refractivity contribution in [3.8, 4) is 0 Å². The van der Waals surface area contributed by atoms with Crippen LogP contribution in [0.3, 0.4) is 0 Å². The molecule has 0 radical (unpaired) electrons. The Hall–Kier alpha value is -2.14. The normalized spacial score (nSPS) is 16.0. The molecule has 132 valence electrons. The third-order valence-corrected chi connectivity index (χ3v) is 6.74. The fraction of sp³-hybridized carbons (Fsp3) is 0.350. The summed E-state index contributed by atoms with van der Waals surface area (Å²) in [6.45, 7) is 3.16. The zero-order chi connectivity index (χ0) is 17.9. The third-order valence-electron chi connectivity index (χ3n) is 4.83. The standard InChI is InChI=1S/C20H23NO3S/c1-16-7-5-6-10-19(16)20(22)21-13-11-17(12-14-21)15-25(23,24)18-8-3-2-4-9-18/h2-10,17H,11-15H2,1H3. The van der Waals surface area contributed by atoms with Gasteiger partial charge in [0.1, 0.15) is 0 Å². The highest BCUT2D eigenvalue weighted by Gasteiger charge is 2.28. The second-order valence-corrected chi connectivity index (χ2v) is 8.68. The number of sulfone groups is 1. The molecule has 0 bridgehead atoms. The van der Waals surface area contributed by atoms with Gasteiger partial charge in [0.25, 0.3) is 5.91 Å². The molecule has 25 heavy (non-hydrogen) atoms. The van der Waals surface area contributed by atoms with E-state index < -0.39 is 9.84 Å². The van der Waals surface area contributed by atoms with Crippen molar-refractivity contribution in [1.29, 1.82) is 0 Å². The van der Waals surface area contributed by atoms with Crippen LogP contribution in [-0.2, 0) is 9.84 Å². The first-order valence-corrected chi connectivity index (χ1v) is 10.3. The molecule has 5 heteroatoms. The van der Waals surface area contributed by atoms with E-state index in [1.54, 1.807) is 24.3 Å². The van der Waals surface area contributed by atoms with Gasteiger partial charge >= 0.3 is 0 Å². The zero-order valence-corrected chi connectivity index (χ0v) is 15.2. The Morgan fingerprint density at radius 2 is 1.60 bits per heavy atom. The van der Waals surface area contributed by atoms with Gasteiger partial charge in [0.05, 0.1) is 10.6 Å². The molecule has 1 saturated heterocycles. The molecular weight excluding hydrogens is 334 g/mol. The molecule has 0 aliphatic carbocycles. The van der Waals surface area contributed by atoms with Crippen molar-refractivity contribution < 1.29 is 13.2 Å². The number of nitrogens with zero attached hydrogens (tertiary/aromatic N) is 1. The maximum atomic E-state index is 12.6. The number of hydrogen-bond acceptors (Lipinski definition) is 3. The summed E-state index contributed by atoms with van der Waals surface area (Å²) in [5.74, 6) is 0.303. The van der Waals surface area contributed by atoms with E-state index in [0.717, 1.165) is 24.0 Å². The number of hydrogen-bond donors (Lipinski definition) is 0. The largest absolute Gasteiger partial charge is 0.339 e. The smallest absolute Gasteiger partial charge is 0.254 e. The molecular formula is C20H23NO3S. The van der Waals surface area contributed by atoms with Crippen LogP contribution in [0.15, 0.2) is 59.5 Å². The molecule has 0 atom stereocenters. The van der Waals surface area contributed by atoms with E-state index in [1.165, 1.54) is 0 Å². The number of benzene rings is 2. The van der Waals surface area contributed by atoms with Crippen molar-refractivity contribution in [2.24, 2.45) is 5.92 Å². The number of amides is 1. The summed E-state index contributed by atoms with van der Waals surface area (Å²) in [5, 5.41) is 0. The first-order chi connectivity index (χ1) is 12.0. The Balaban J connectivity index is 1.61. The monoisotopic (exact) mass is 357 g/mol. The van der Waals surface area contributed by atoms with Gasteiger partial charge in [-0.2, -0.15) is 0 Å². The number of carbonyl (C=O) groups is 1. The summed E-state index contributed by atoms with van der Waals surface area (Å²) in [4.78, 5) is 14.9. The van der Waals surface area contributed by atoms with E-state index in [4.69, 9.17) is 0 Å². The molecule has 1 fully saturated rings. The lowest BCUT2D eigenvalue weighted by atomic mass is 9.98. The van der Waals surface area contributed by atoms with Crippen LogP contribution in [0.2, 0.25) is 0 Å². The van der Waals surface area contributed by atoms with E-state index >= 15 is 0 Å².